The number of imidazole rings is 1. The van der Waals surface area contributed by atoms with Crippen molar-refractivity contribution in [2.24, 2.45) is 0 Å². The van der Waals surface area contributed by atoms with Gasteiger partial charge in [-0.15, -0.1) is 0 Å². The van der Waals surface area contributed by atoms with Gasteiger partial charge in [-0.1, -0.05) is 287 Å². The van der Waals surface area contributed by atoms with Gasteiger partial charge in [0.25, 0.3) is 6.33 Å². The molecule has 16 rings (SSSR count). The Bertz CT molecular complexity index is 7430. The Balaban J connectivity index is 1.04. The molecule has 3 heterocycles. The summed E-state index contributed by atoms with van der Waals surface area (Å²) in [6.07, 6.45) is 4.50. The van der Waals surface area contributed by atoms with E-state index in [9.17, 15) is 30.2 Å². The first kappa shape index (κ1) is 30.8. The number of nitrogens with zero attached hydrogens (tertiary/aromatic N) is 4. The summed E-state index contributed by atoms with van der Waals surface area (Å²) in [5, 5.41) is -3.60. The van der Waals surface area contributed by atoms with Crippen LogP contribution < -0.4 is 30.1 Å². The molecule has 0 saturated carbocycles. The van der Waals surface area contributed by atoms with E-state index in [0.717, 1.165) is 23.9 Å². The van der Waals surface area contributed by atoms with Gasteiger partial charge in [-0.25, -0.2) is 4.98 Å². The Labute approximate surface area is 608 Å². The van der Waals surface area contributed by atoms with Crippen molar-refractivity contribution >= 4 is 61.7 Å². The molecule has 454 valence electrons. The fourth-order valence-corrected chi connectivity index (χ4v) is 15.5. The van der Waals surface area contributed by atoms with Crippen LogP contribution in [0.1, 0.15) is 82.6 Å². The Kier molecular flexibility index (Phi) is 7.92. The van der Waals surface area contributed by atoms with Crippen molar-refractivity contribution in [2.45, 2.75) is 33.0 Å². The van der Waals surface area contributed by atoms with Gasteiger partial charge in [-0.05, 0) is 155 Å². The van der Waals surface area contributed by atoms with Crippen molar-refractivity contribution in [1.29, 1.82) is 0 Å². The van der Waals surface area contributed by atoms with Gasteiger partial charge in [0, 0.05) is 32.7 Å². The van der Waals surface area contributed by atoms with Crippen LogP contribution in [0.25, 0.3) is 106 Å². The van der Waals surface area contributed by atoms with Crippen LogP contribution in [0.4, 0.5) is 0 Å². The highest BCUT2D eigenvalue weighted by atomic mass is 28.3. The number of fused-ring (bicyclic) bond motifs is 4. The minimum absolute atomic E-state index is 0.000650. The maximum absolute atomic E-state index is 11.3. The summed E-state index contributed by atoms with van der Waals surface area (Å²) in [4.78, 5) is 4.71. The number of hydrogen-bond acceptors (Lipinski definition) is 2. The number of ether oxygens (including phenoxy) is 1. The molecule has 16 aromatic rings. The summed E-state index contributed by atoms with van der Waals surface area (Å²) in [6, 6.07) is -2.98. The van der Waals surface area contributed by atoms with Gasteiger partial charge in [0.05, 0.1) is 80.0 Å². The molecule has 3 aromatic heterocycles. The molecule has 0 atom stereocenters. The predicted molar refractivity (Wildman–Crippen MR) is 397 cm³/mol. The molecule has 0 bridgehead atoms. The number of pyridine rings is 1. The lowest BCUT2D eigenvalue weighted by Crippen LogP contribution is -2.74. The van der Waals surface area contributed by atoms with Gasteiger partial charge in [0.2, 0.25) is 0 Å². The Hall–Kier alpha value is -11.7. The number of benzene rings is 13. The molecular weight excluding hydrogens is 1170 g/mol. The molecule has 0 radical (unpaired) electrons. The summed E-state index contributed by atoms with van der Waals surface area (Å²) in [7, 11) is -6.71. The lowest BCUT2D eigenvalue weighted by atomic mass is 9.86. The largest absolute Gasteiger partial charge is 0.458 e. The third-order valence-corrected chi connectivity index (χ3v) is 20.4. The van der Waals surface area contributed by atoms with Gasteiger partial charge in [-0.3, -0.25) is 13.7 Å². The van der Waals surface area contributed by atoms with Crippen molar-refractivity contribution in [1.82, 2.24) is 14.1 Å². The van der Waals surface area contributed by atoms with Crippen LogP contribution in [0.15, 0.2) is 339 Å². The van der Waals surface area contributed by atoms with Crippen molar-refractivity contribution in [3.05, 3.63) is 356 Å². The molecule has 0 spiro atoms. The van der Waals surface area contributed by atoms with E-state index in [4.69, 9.17) is 30.3 Å². The average Bonchev–Trinajstić information content (AvgIpc) is 0.770. The molecule has 0 N–H and O–H groups in total. The molecule has 6 heteroatoms. The first-order valence-corrected chi connectivity index (χ1v) is 31.6. The summed E-state index contributed by atoms with van der Waals surface area (Å²) < 4.78 is 359. The molecule has 0 amide bonds. The van der Waals surface area contributed by atoms with Crippen molar-refractivity contribution < 1.29 is 60.0 Å². The zero-order valence-electron chi connectivity index (χ0n) is 87.4. The fraction of sp³-hybridized carbons (Fsp3) is 0.0562. The monoisotopic (exact) mass is 1270 g/mol. The van der Waals surface area contributed by atoms with E-state index in [2.05, 4.69) is 6.33 Å². The quantitative estimate of drug-likeness (QED) is 0.0471. The molecule has 0 aliphatic rings. The van der Waals surface area contributed by atoms with Crippen LogP contribution >= 0.6 is 0 Å². The van der Waals surface area contributed by atoms with Gasteiger partial charge >= 0.3 is 0 Å². The Morgan fingerprint density at radius 3 is 1.64 bits per heavy atom. The van der Waals surface area contributed by atoms with Crippen LogP contribution in [-0.4, -0.2) is 22.2 Å². The van der Waals surface area contributed by atoms with Crippen molar-refractivity contribution in [2.75, 3.05) is 0 Å². The minimum Gasteiger partial charge on any atom is -0.458 e. The van der Waals surface area contributed by atoms with E-state index >= 15 is 0 Å². The molecule has 5 nitrogen and oxygen atoms in total. The SMILES string of the molecule is [2H]c1c([2H])c([2H])c(-c2cc(-c3c([2H])c([2H])c([2H])c([2H])c3[2H])c(-[n+]3[c-]n(-c4cccc(Oc5ccc6c7ccccc7n(-c7cc(C([2H])([2H])[2H])c(-c8c([2H])c([2H])c([2H])c([2H])c8[2H])cn7)c6c5)c4)c4cc(-c5ccc(C(C)(C)C)cc5)ccc43)c(-c3c([2H])c([2H])c([2H])c([Si](c4c([2H])c([2H])c([2H])c([2H])c4[2H])(c4c([2H])c([2H])c([2H])c([2H])c4[2H])c4c([2H])c([2H])c([2H])c([2H])c4[2H])c3[2H])c2)c([2H])c1[2H]. The predicted octanol–water partition coefficient (Wildman–Crippen LogP) is 19.3. The average molecular weight is 1270 g/mol. The first-order chi connectivity index (χ1) is 61.9. The normalized spacial score (nSPS) is 17.4. The maximum atomic E-state index is 11.3. The van der Waals surface area contributed by atoms with Crippen LogP contribution in [0.5, 0.6) is 11.5 Å². The summed E-state index contributed by atoms with van der Waals surface area (Å²) in [5.74, 6) is 0.281. The standard InChI is InChI=1S/C89H68N4OSi/c1-62-53-87(90-60-82(62)66-31-15-7-16-32-66)93-83-44-24-23-43-78(83)79-51-50-73(59-85(79)93)94-72-35-26-34-71(58-72)91-61-92(84-52-47-67(57-86(84)91)64-45-48-70(49-46-64)89(2,3)4)88-80(65-29-13-6-14-30-65)55-69(63-27-11-5-12-28-63)56-81(88)68-33-25-42-77(54-68)95(74-36-17-8-18-37-74,75-38-19-9-20-39-75)76-40-21-10-22-41-76/h5-60H,1-4H3/i1D3,5D,6D,7D,8D,9D,10D,11D,12D,13D,14D,15D,16D,17D,18D,19D,20D,21D,22D,25D,27D,28D,29D,30D,31D,32D,33D,36D,37D,38D,39D,40D,41D,42D,54D. The van der Waals surface area contributed by atoms with E-state index in [1.54, 1.807) is 83.4 Å². The minimum atomic E-state index is -6.71. The number of hydrogen-bond donors (Lipinski definition) is 0. The Morgan fingerprint density at radius 1 is 0.442 bits per heavy atom. The fourth-order valence-electron chi connectivity index (χ4n) is 12.0. The zero-order valence-corrected chi connectivity index (χ0v) is 51.4. The van der Waals surface area contributed by atoms with Gasteiger partial charge in [0.1, 0.15) is 17.3 Å². The summed E-state index contributed by atoms with van der Waals surface area (Å²) in [5.41, 5.74) is -2.98. The van der Waals surface area contributed by atoms with E-state index in [0.29, 0.717) is 32.9 Å². The van der Waals surface area contributed by atoms with Crippen LogP contribution in [0, 0.1) is 13.2 Å². The van der Waals surface area contributed by atoms with Gasteiger partial charge in [0.15, 0.2) is 8.07 Å². The molecule has 95 heavy (non-hydrogen) atoms. The third kappa shape index (κ3) is 10.7. The molecule has 0 fully saturated rings. The molecule has 0 unspecified atom stereocenters. The Morgan fingerprint density at radius 2 is 1.00 bits per heavy atom. The van der Waals surface area contributed by atoms with Crippen LogP contribution in [-0.2, 0) is 5.41 Å². The second-order valence-corrected chi connectivity index (χ2v) is 26.4. The highest BCUT2D eigenvalue weighted by Gasteiger charge is 2.41. The van der Waals surface area contributed by atoms with Crippen molar-refractivity contribution in [3.8, 4) is 84.3 Å². The molecular formula is C89H68N4OSi. The lowest BCUT2D eigenvalue weighted by Gasteiger charge is -2.34. The highest BCUT2D eigenvalue weighted by Crippen LogP contribution is 2.41. The zero-order chi connectivity index (χ0) is 96.1. The highest BCUT2D eigenvalue weighted by molar-refractivity contribution is 7.20. The van der Waals surface area contributed by atoms with Crippen LogP contribution in [0.2, 0.25) is 0 Å². The molecule has 0 saturated heterocycles. The van der Waals surface area contributed by atoms with Crippen LogP contribution in [0.3, 0.4) is 0 Å². The van der Waals surface area contributed by atoms with E-state index in [1.165, 1.54) is 15.2 Å². The third-order valence-electron chi connectivity index (χ3n) is 16.4. The summed E-state index contributed by atoms with van der Waals surface area (Å²) in [6.45, 7) is 3.10. The molecule has 13 aromatic carbocycles. The number of aryl methyl sites for hydroxylation is 1. The summed E-state index contributed by atoms with van der Waals surface area (Å²) >= 11 is 0. The smallest absolute Gasteiger partial charge is 0.269 e. The second-order valence-electron chi connectivity index (χ2n) is 22.9. The van der Waals surface area contributed by atoms with E-state index < -0.39 is 286 Å². The molecule has 0 aliphatic carbocycles. The number of rotatable bonds is 14. The topological polar surface area (TPSA) is 35.9 Å². The van der Waals surface area contributed by atoms with Gasteiger partial charge < -0.3 is 4.74 Å². The van der Waals surface area contributed by atoms with E-state index in [1.807, 2.05) is 51.1 Å². The molecule has 0 aliphatic heterocycles. The lowest BCUT2D eigenvalue weighted by molar-refractivity contribution is -0.571. The number of aromatic nitrogens is 4. The second kappa shape index (κ2) is 24.4. The van der Waals surface area contributed by atoms with E-state index in [-0.39, 0.29) is 50.6 Å². The number of para-hydroxylation sites is 1. The first-order valence-electron chi connectivity index (χ1n) is 48.1. The van der Waals surface area contributed by atoms with Crippen molar-refractivity contribution in [3.63, 3.8) is 0 Å². The van der Waals surface area contributed by atoms with Gasteiger partial charge in [-0.2, -0.15) is 0 Å². The maximum Gasteiger partial charge on any atom is 0.269 e.